The smallest absolute Gasteiger partial charge is 0.0408 e. The summed E-state index contributed by atoms with van der Waals surface area (Å²) in [5.74, 6) is 0. The number of rotatable bonds is 3. The summed E-state index contributed by atoms with van der Waals surface area (Å²) in [7, 11) is 0. The molecule has 1 saturated heterocycles. The van der Waals surface area contributed by atoms with Gasteiger partial charge in [0.1, 0.15) is 0 Å². The monoisotopic (exact) mass is 288 g/mol. The van der Waals surface area contributed by atoms with Crippen LogP contribution in [0, 0.1) is 12.3 Å². The average Bonchev–Trinajstić information content (AvgIpc) is 2.66. The van der Waals surface area contributed by atoms with Gasteiger partial charge in [0, 0.05) is 18.1 Å². The molecule has 102 valence electrons. The molecule has 1 aromatic rings. The minimum atomic E-state index is 0. The first-order valence-electron chi connectivity index (χ1n) is 6.20. The quantitative estimate of drug-likeness (QED) is 0.925. The van der Waals surface area contributed by atoms with Crippen molar-refractivity contribution in [3.8, 4) is 0 Å². The Morgan fingerprint density at radius 3 is 2.72 bits per heavy atom. The highest BCUT2D eigenvalue weighted by Crippen LogP contribution is 2.30. The second-order valence-corrected chi connectivity index (χ2v) is 5.98. The highest BCUT2D eigenvalue weighted by Gasteiger charge is 2.32. The number of nitrogens with two attached hydrogens (primary N) is 1. The van der Waals surface area contributed by atoms with Gasteiger partial charge in [-0.15, -0.1) is 12.4 Å². The number of nitrogens with zero attached hydrogens (tertiary/aromatic N) is 1. The molecule has 0 spiro atoms. The molecule has 1 heterocycles. The third-order valence-corrected chi connectivity index (χ3v) is 4.06. The van der Waals surface area contributed by atoms with Crippen molar-refractivity contribution in [2.24, 2.45) is 11.1 Å². The molecule has 0 saturated carbocycles. The summed E-state index contributed by atoms with van der Waals surface area (Å²) < 4.78 is 0. The molecular weight excluding hydrogens is 267 g/mol. The number of likely N-dealkylation sites (tertiary alicyclic amines) is 1. The van der Waals surface area contributed by atoms with Gasteiger partial charge in [-0.3, -0.25) is 4.90 Å². The van der Waals surface area contributed by atoms with E-state index in [-0.39, 0.29) is 12.4 Å². The molecule has 4 heteroatoms. The second-order valence-electron chi connectivity index (χ2n) is 5.55. The Hall–Kier alpha value is -0.280. The van der Waals surface area contributed by atoms with E-state index in [1.54, 1.807) is 0 Å². The van der Waals surface area contributed by atoms with Crippen LogP contribution >= 0.6 is 24.0 Å². The predicted octanol–water partition coefficient (Wildman–Crippen LogP) is 3.24. The van der Waals surface area contributed by atoms with Crippen LogP contribution in [-0.4, -0.2) is 24.5 Å². The van der Waals surface area contributed by atoms with E-state index < -0.39 is 0 Å². The molecule has 1 aliphatic heterocycles. The fourth-order valence-electron chi connectivity index (χ4n) is 2.51. The van der Waals surface area contributed by atoms with Crippen molar-refractivity contribution in [3.05, 3.63) is 34.3 Å². The molecule has 2 nitrogen and oxygen atoms in total. The number of halogens is 2. The van der Waals surface area contributed by atoms with Crippen LogP contribution in [0.25, 0.3) is 0 Å². The second kappa shape index (κ2) is 6.25. The molecule has 0 aliphatic carbocycles. The standard InChI is InChI=1S/C14H21ClN2.ClH/c1-11-7-13(15)4-3-12(11)8-17-6-5-14(2,9-16)10-17;/h3-4,7H,5-6,8-10,16H2,1-2H3;1H. The lowest BCUT2D eigenvalue weighted by Gasteiger charge is -2.23. The Labute approximate surface area is 121 Å². The molecule has 0 bridgehead atoms. The Kier molecular flexibility index (Phi) is 5.47. The van der Waals surface area contributed by atoms with E-state index in [1.807, 2.05) is 12.1 Å². The lowest BCUT2D eigenvalue weighted by molar-refractivity contribution is 0.274. The van der Waals surface area contributed by atoms with Gasteiger partial charge in [-0.25, -0.2) is 0 Å². The molecule has 1 atom stereocenters. The fraction of sp³-hybridized carbons (Fsp3) is 0.571. The maximum Gasteiger partial charge on any atom is 0.0408 e. The maximum absolute atomic E-state index is 5.97. The summed E-state index contributed by atoms with van der Waals surface area (Å²) in [5, 5.41) is 0.819. The summed E-state index contributed by atoms with van der Waals surface area (Å²) in [6.07, 6.45) is 1.20. The van der Waals surface area contributed by atoms with Crippen LogP contribution in [0.5, 0.6) is 0 Å². The molecule has 1 aromatic carbocycles. The summed E-state index contributed by atoms with van der Waals surface area (Å²) in [6, 6.07) is 6.15. The van der Waals surface area contributed by atoms with Crippen LogP contribution < -0.4 is 5.73 Å². The lowest BCUT2D eigenvalue weighted by atomic mass is 9.90. The van der Waals surface area contributed by atoms with Gasteiger partial charge in [-0.05, 0) is 55.1 Å². The largest absolute Gasteiger partial charge is 0.330 e. The molecule has 1 fully saturated rings. The Bertz CT molecular complexity index is 409. The normalized spacial score (nSPS) is 24.0. The molecule has 2 rings (SSSR count). The molecule has 0 amide bonds. The van der Waals surface area contributed by atoms with Gasteiger partial charge in [-0.2, -0.15) is 0 Å². The zero-order valence-electron chi connectivity index (χ0n) is 11.1. The minimum absolute atomic E-state index is 0. The molecule has 18 heavy (non-hydrogen) atoms. The van der Waals surface area contributed by atoms with Gasteiger partial charge < -0.3 is 5.73 Å². The molecule has 2 N–H and O–H groups in total. The van der Waals surface area contributed by atoms with E-state index in [9.17, 15) is 0 Å². The first-order chi connectivity index (χ1) is 8.02. The Morgan fingerprint density at radius 1 is 1.44 bits per heavy atom. The molecule has 1 unspecified atom stereocenters. The first-order valence-corrected chi connectivity index (χ1v) is 6.58. The number of hydrogen-bond acceptors (Lipinski definition) is 2. The van der Waals surface area contributed by atoms with E-state index in [0.29, 0.717) is 5.41 Å². The van der Waals surface area contributed by atoms with Gasteiger partial charge in [0.2, 0.25) is 0 Å². The van der Waals surface area contributed by atoms with Crippen molar-refractivity contribution in [2.75, 3.05) is 19.6 Å². The zero-order valence-corrected chi connectivity index (χ0v) is 12.7. The van der Waals surface area contributed by atoms with Gasteiger partial charge in [-0.1, -0.05) is 24.6 Å². The third kappa shape index (κ3) is 3.61. The van der Waals surface area contributed by atoms with Crippen LogP contribution in [0.2, 0.25) is 5.02 Å². The van der Waals surface area contributed by atoms with E-state index in [4.69, 9.17) is 17.3 Å². The van der Waals surface area contributed by atoms with Crippen LogP contribution in [0.3, 0.4) is 0 Å². The van der Waals surface area contributed by atoms with Crippen LogP contribution in [0.4, 0.5) is 0 Å². The zero-order chi connectivity index (χ0) is 12.5. The summed E-state index contributed by atoms with van der Waals surface area (Å²) in [4.78, 5) is 2.49. The van der Waals surface area contributed by atoms with Crippen molar-refractivity contribution in [1.82, 2.24) is 4.90 Å². The van der Waals surface area contributed by atoms with Crippen LogP contribution in [0.1, 0.15) is 24.5 Å². The van der Waals surface area contributed by atoms with Crippen molar-refractivity contribution in [1.29, 1.82) is 0 Å². The van der Waals surface area contributed by atoms with Gasteiger partial charge >= 0.3 is 0 Å². The molecule has 0 aromatic heterocycles. The highest BCUT2D eigenvalue weighted by molar-refractivity contribution is 6.30. The fourth-order valence-corrected chi connectivity index (χ4v) is 2.73. The molecular formula is C14H22Cl2N2. The van der Waals surface area contributed by atoms with Crippen molar-refractivity contribution < 1.29 is 0 Å². The van der Waals surface area contributed by atoms with Crippen molar-refractivity contribution in [2.45, 2.75) is 26.8 Å². The summed E-state index contributed by atoms with van der Waals surface area (Å²) in [5.41, 5.74) is 8.78. The third-order valence-electron chi connectivity index (χ3n) is 3.83. The SMILES string of the molecule is Cc1cc(Cl)ccc1CN1CCC(C)(CN)C1.Cl. The van der Waals surface area contributed by atoms with E-state index in [1.165, 1.54) is 17.5 Å². The number of aryl methyl sites for hydroxylation is 1. The minimum Gasteiger partial charge on any atom is -0.330 e. The van der Waals surface area contributed by atoms with Crippen LogP contribution in [0.15, 0.2) is 18.2 Å². The van der Waals surface area contributed by atoms with E-state index in [2.05, 4.69) is 24.8 Å². The lowest BCUT2D eigenvalue weighted by Crippen LogP contribution is -2.31. The van der Waals surface area contributed by atoms with Gasteiger partial charge in [0.05, 0.1) is 0 Å². The Balaban J connectivity index is 0.00000162. The predicted molar refractivity (Wildman–Crippen MR) is 80.5 cm³/mol. The van der Waals surface area contributed by atoms with Crippen molar-refractivity contribution in [3.63, 3.8) is 0 Å². The highest BCUT2D eigenvalue weighted by atomic mass is 35.5. The van der Waals surface area contributed by atoms with Crippen LogP contribution in [-0.2, 0) is 6.54 Å². The number of benzene rings is 1. The average molecular weight is 289 g/mol. The maximum atomic E-state index is 5.97. The summed E-state index contributed by atoms with van der Waals surface area (Å²) in [6.45, 7) is 8.45. The molecule has 0 radical (unpaired) electrons. The number of hydrogen-bond donors (Lipinski definition) is 1. The first kappa shape index (κ1) is 15.8. The summed E-state index contributed by atoms with van der Waals surface area (Å²) >= 11 is 5.97. The van der Waals surface area contributed by atoms with Gasteiger partial charge in [0.15, 0.2) is 0 Å². The Morgan fingerprint density at radius 2 is 2.17 bits per heavy atom. The van der Waals surface area contributed by atoms with E-state index in [0.717, 1.165) is 31.2 Å². The molecule has 1 aliphatic rings. The van der Waals surface area contributed by atoms with Gasteiger partial charge in [0.25, 0.3) is 0 Å². The van der Waals surface area contributed by atoms with E-state index >= 15 is 0 Å². The van der Waals surface area contributed by atoms with Crippen molar-refractivity contribution >= 4 is 24.0 Å². The topological polar surface area (TPSA) is 29.3 Å².